The molecule has 2 nitrogen and oxygen atoms in total. The van der Waals surface area contributed by atoms with Crippen LogP contribution in [0.2, 0.25) is 0 Å². The molecule has 1 aliphatic heterocycles. The van der Waals surface area contributed by atoms with E-state index in [9.17, 15) is 13.6 Å². The lowest BCUT2D eigenvalue weighted by molar-refractivity contribution is 0.0984. The number of carbonyl (C=O) groups excluding carboxylic acids is 1. The van der Waals surface area contributed by atoms with Crippen molar-refractivity contribution < 1.29 is 13.6 Å². The fourth-order valence-electron chi connectivity index (χ4n) is 3.09. The van der Waals surface area contributed by atoms with Crippen LogP contribution in [0.5, 0.6) is 0 Å². The lowest BCUT2D eigenvalue weighted by Crippen LogP contribution is -2.36. The Labute approximate surface area is 128 Å². The Morgan fingerprint density at radius 3 is 2.59 bits per heavy atom. The van der Waals surface area contributed by atoms with Gasteiger partial charge in [0.05, 0.1) is 5.69 Å². The molecule has 0 radical (unpaired) electrons. The molecule has 3 rings (SSSR count). The lowest BCUT2D eigenvalue weighted by atomic mass is 9.96. The molecule has 0 atom stereocenters. The Hall–Kier alpha value is -2.23. The van der Waals surface area contributed by atoms with Gasteiger partial charge in [-0.1, -0.05) is 6.07 Å². The Balaban J connectivity index is 2.08. The van der Waals surface area contributed by atoms with Crippen LogP contribution < -0.4 is 4.90 Å². The number of aryl methyl sites for hydroxylation is 3. The van der Waals surface area contributed by atoms with E-state index in [0.717, 1.165) is 35.2 Å². The van der Waals surface area contributed by atoms with Gasteiger partial charge in [0.2, 0.25) is 0 Å². The number of nitrogens with zero attached hydrogens (tertiary/aromatic N) is 1. The normalized spacial score (nSPS) is 13.9. The third-order valence-electron chi connectivity index (χ3n) is 4.12. The standard InChI is InChI=1S/C18H17F2NO/c1-11-5-6-14(19)10-16(11)18(22)21-7-3-4-13-9-15(20)8-12(2)17(13)21/h5-6,8-10H,3-4,7H2,1-2H3. The van der Waals surface area contributed by atoms with Crippen LogP contribution in [0.15, 0.2) is 30.3 Å². The van der Waals surface area contributed by atoms with Crippen molar-refractivity contribution in [2.45, 2.75) is 26.7 Å². The lowest BCUT2D eigenvalue weighted by Gasteiger charge is -2.31. The first-order chi connectivity index (χ1) is 10.5. The molecule has 2 aromatic carbocycles. The van der Waals surface area contributed by atoms with E-state index in [1.807, 2.05) is 0 Å². The second-order valence-corrected chi connectivity index (χ2v) is 5.75. The van der Waals surface area contributed by atoms with Gasteiger partial charge in [-0.15, -0.1) is 0 Å². The SMILES string of the molecule is Cc1ccc(F)cc1C(=O)N1CCCc2cc(F)cc(C)c21. The van der Waals surface area contributed by atoms with Gasteiger partial charge in [-0.05, 0) is 67.6 Å². The van der Waals surface area contributed by atoms with E-state index in [1.165, 1.54) is 24.3 Å². The van der Waals surface area contributed by atoms with Crippen LogP contribution in [0.3, 0.4) is 0 Å². The molecule has 1 heterocycles. The van der Waals surface area contributed by atoms with Crippen LogP contribution in [0, 0.1) is 25.5 Å². The second-order valence-electron chi connectivity index (χ2n) is 5.75. The van der Waals surface area contributed by atoms with Crippen LogP contribution in [0.25, 0.3) is 0 Å². The molecule has 0 bridgehead atoms. The Morgan fingerprint density at radius 1 is 1.05 bits per heavy atom. The van der Waals surface area contributed by atoms with Crippen molar-refractivity contribution in [3.05, 3.63) is 64.2 Å². The molecule has 0 aromatic heterocycles. The van der Waals surface area contributed by atoms with Crippen LogP contribution in [0.4, 0.5) is 14.5 Å². The molecule has 0 unspecified atom stereocenters. The van der Waals surface area contributed by atoms with Crippen LogP contribution in [-0.2, 0) is 6.42 Å². The number of rotatable bonds is 1. The van der Waals surface area contributed by atoms with E-state index in [2.05, 4.69) is 0 Å². The number of benzene rings is 2. The summed E-state index contributed by atoms with van der Waals surface area (Å²) in [5.74, 6) is -0.942. The highest BCUT2D eigenvalue weighted by Crippen LogP contribution is 2.33. The fraction of sp³-hybridized carbons (Fsp3) is 0.278. The topological polar surface area (TPSA) is 20.3 Å². The summed E-state index contributed by atoms with van der Waals surface area (Å²) < 4.78 is 27.1. The van der Waals surface area contributed by atoms with Gasteiger partial charge in [0.25, 0.3) is 5.91 Å². The average Bonchev–Trinajstić information content (AvgIpc) is 2.48. The number of hydrogen-bond acceptors (Lipinski definition) is 1. The number of halogens is 2. The average molecular weight is 301 g/mol. The maximum atomic E-state index is 13.6. The maximum absolute atomic E-state index is 13.6. The summed E-state index contributed by atoms with van der Waals surface area (Å²) in [5, 5.41) is 0. The molecule has 0 fully saturated rings. The summed E-state index contributed by atoms with van der Waals surface area (Å²) in [6.45, 7) is 4.15. The van der Waals surface area contributed by atoms with Gasteiger partial charge in [0.1, 0.15) is 11.6 Å². The van der Waals surface area contributed by atoms with Crippen molar-refractivity contribution >= 4 is 11.6 Å². The number of amides is 1. The Morgan fingerprint density at radius 2 is 1.82 bits per heavy atom. The zero-order valence-corrected chi connectivity index (χ0v) is 12.6. The molecular formula is C18H17F2NO. The third-order valence-corrected chi connectivity index (χ3v) is 4.12. The monoisotopic (exact) mass is 301 g/mol. The van der Waals surface area contributed by atoms with Crippen molar-refractivity contribution in [2.75, 3.05) is 11.4 Å². The minimum absolute atomic E-state index is 0.229. The number of carbonyl (C=O) groups is 1. The van der Waals surface area contributed by atoms with Gasteiger partial charge >= 0.3 is 0 Å². The van der Waals surface area contributed by atoms with Gasteiger partial charge in [-0.25, -0.2) is 8.78 Å². The zero-order chi connectivity index (χ0) is 15.9. The molecule has 2 aromatic rings. The van der Waals surface area contributed by atoms with Crippen molar-refractivity contribution in [3.8, 4) is 0 Å². The first-order valence-electron chi connectivity index (χ1n) is 7.34. The first-order valence-corrected chi connectivity index (χ1v) is 7.34. The van der Waals surface area contributed by atoms with Gasteiger partial charge in [-0.2, -0.15) is 0 Å². The second kappa shape index (κ2) is 5.52. The van der Waals surface area contributed by atoms with Crippen LogP contribution in [0.1, 0.15) is 33.5 Å². The molecule has 0 spiro atoms. The molecule has 0 saturated carbocycles. The minimum Gasteiger partial charge on any atom is -0.308 e. The number of hydrogen-bond donors (Lipinski definition) is 0. The quantitative estimate of drug-likeness (QED) is 0.774. The fourth-order valence-corrected chi connectivity index (χ4v) is 3.09. The van der Waals surface area contributed by atoms with Gasteiger partial charge < -0.3 is 4.90 Å². The van der Waals surface area contributed by atoms with E-state index >= 15 is 0 Å². The molecular weight excluding hydrogens is 284 g/mol. The zero-order valence-electron chi connectivity index (χ0n) is 12.6. The van der Waals surface area contributed by atoms with Gasteiger partial charge in [0.15, 0.2) is 0 Å². The van der Waals surface area contributed by atoms with E-state index in [0.29, 0.717) is 12.1 Å². The predicted molar refractivity (Wildman–Crippen MR) is 82.3 cm³/mol. The van der Waals surface area contributed by atoms with E-state index in [1.54, 1.807) is 24.8 Å². The molecule has 0 saturated heterocycles. The van der Waals surface area contributed by atoms with Gasteiger partial charge in [-0.3, -0.25) is 4.79 Å². The highest BCUT2D eigenvalue weighted by atomic mass is 19.1. The molecule has 4 heteroatoms. The molecule has 1 amide bonds. The van der Waals surface area contributed by atoms with Crippen molar-refractivity contribution in [2.24, 2.45) is 0 Å². The smallest absolute Gasteiger partial charge is 0.258 e. The molecule has 114 valence electrons. The highest BCUT2D eigenvalue weighted by molar-refractivity contribution is 6.08. The van der Waals surface area contributed by atoms with E-state index < -0.39 is 5.82 Å². The summed E-state index contributed by atoms with van der Waals surface area (Å²) in [7, 11) is 0. The first kappa shape index (κ1) is 14.7. The number of fused-ring (bicyclic) bond motifs is 1. The van der Waals surface area contributed by atoms with Gasteiger partial charge in [0, 0.05) is 12.1 Å². The van der Waals surface area contributed by atoms with Crippen LogP contribution >= 0.6 is 0 Å². The molecule has 1 aliphatic rings. The van der Waals surface area contributed by atoms with Crippen molar-refractivity contribution in [1.82, 2.24) is 0 Å². The van der Waals surface area contributed by atoms with E-state index in [-0.39, 0.29) is 11.7 Å². The van der Waals surface area contributed by atoms with E-state index in [4.69, 9.17) is 0 Å². The number of anilines is 1. The Bertz CT molecular complexity index is 755. The largest absolute Gasteiger partial charge is 0.308 e. The third kappa shape index (κ3) is 2.49. The van der Waals surface area contributed by atoms with Crippen molar-refractivity contribution in [3.63, 3.8) is 0 Å². The highest BCUT2D eigenvalue weighted by Gasteiger charge is 2.26. The molecule has 0 aliphatic carbocycles. The summed E-state index contributed by atoms with van der Waals surface area (Å²) in [6, 6.07) is 7.13. The van der Waals surface area contributed by atoms with Crippen molar-refractivity contribution in [1.29, 1.82) is 0 Å². The minimum atomic E-state index is -0.429. The Kier molecular flexibility index (Phi) is 3.69. The van der Waals surface area contributed by atoms with Crippen LogP contribution in [-0.4, -0.2) is 12.5 Å². The maximum Gasteiger partial charge on any atom is 0.258 e. The molecule has 0 N–H and O–H groups in total. The summed E-state index contributed by atoms with van der Waals surface area (Å²) in [6.07, 6.45) is 1.52. The predicted octanol–water partition coefficient (Wildman–Crippen LogP) is 4.17. The summed E-state index contributed by atoms with van der Waals surface area (Å²) in [4.78, 5) is 14.5. The summed E-state index contributed by atoms with van der Waals surface area (Å²) in [5.41, 5.74) is 3.43. The molecule has 22 heavy (non-hydrogen) atoms. The summed E-state index contributed by atoms with van der Waals surface area (Å²) >= 11 is 0.